The summed E-state index contributed by atoms with van der Waals surface area (Å²) in [5.74, 6) is 0.559. The van der Waals surface area contributed by atoms with Crippen LogP contribution in [0.5, 0.6) is 5.75 Å². The summed E-state index contributed by atoms with van der Waals surface area (Å²) in [7, 11) is 0. The maximum Gasteiger partial charge on any atom is 0.200 e. The molecule has 0 amide bonds. The van der Waals surface area contributed by atoms with Crippen molar-refractivity contribution in [1.82, 2.24) is 0 Å². The van der Waals surface area contributed by atoms with Gasteiger partial charge in [0.05, 0.1) is 14.7 Å². The molecule has 1 aromatic heterocycles. The van der Waals surface area contributed by atoms with Crippen LogP contribution in [-0.2, 0) is 6.42 Å². The number of benzene rings is 2. The van der Waals surface area contributed by atoms with Crippen LogP contribution in [-0.4, -0.2) is 10.9 Å². The van der Waals surface area contributed by atoms with Gasteiger partial charge in [0.25, 0.3) is 0 Å². The van der Waals surface area contributed by atoms with Gasteiger partial charge in [0.2, 0.25) is 5.78 Å². The summed E-state index contributed by atoms with van der Waals surface area (Å²) in [5.41, 5.74) is 1.62. The molecule has 24 heavy (non-hydrogen) atoms. The van der Waals surface area contributed by atoms with Crippen LogP contribution in [0.3, 0.4) is 0 Å². The molecule has 3 aromatic rings. The lowest BCUT2D eigenvalue weighted by molar-refractivity contribution is 0.103. The van der Waals surface area contributed by atoms with Crippen molar-refractivity contribution in [1.29, 1.82) is 0 Å². The molecule has 2 aromatic carbocycles. The minimum absolute atomic E-state index is 0.0349. The number of para-hydroxylation sites is 1. The maximum atomic E-state index is 13.2. The van der Waals surface area contributed by atoms with Crippen molar-refractivity contribution in [2.75, 3.05) is 0 Å². The number of phenolic OH excluding ortho intramolecular Hbond substituents is 1. The Labute approximate surface area is 167 Å². The Morgan fingerprint density at radius 2 is 1.96 bits per heavy atom. The normalized spacial score (nSPS) is 11.1. The van der Waals surface area contributed by atoms with Crippen LogP contribution in [0.25, 0.3) is 11.0 Å². The fraction of sp³-hybridized carbons (Fsp3) is 0.211. The zero-order valence-electron chi connectivity index (χ0n) is 13.1. The number of aromatic hydroxyl groups is 1. The van der Waals surface area contributed by atoms with Crippen molar-refractivity contribution >= 4 is 61.9 Å². The minimum Gasteiger partial charge on any atom is -0.506 e. The second kappa shape index (κ2) is 7.43. The number of phenols is 1. The predicted octanol–water partition coefficient (Wildman–Crippen LogP) is 5.92. The van der Waals surface area contributed by atoms with Crippen molar-refractivity contribution in [3.05, 3.63) is 60.4 Å². The van der Waals surface area contributed by atoms with E-state index in [-0.39, 0.29) is 11.5 Å². The van der Waals surface area contributed by atoms with Gasteiger partial charge in [0.1, 0.15) is 17.1 Å². The lowest BCUT2D eigenvalue weighted by Gasteiger charge is -2.07. The smallest absolute Gasteiger partial charge is 0.200 e. The molecule has 1 heterocycles. The number of carbonyl (C=O) groups excluding carboxylic acids is 1. The summed E-state index contributed by atoms with van der Waals surface area (Å²) in [4.78, 5) is 13.2. The van der Waals surface area contributed by atoms with Crippen LogP contribution >= 0.6 is 45.2 Å². The molecule has 0 spiro atoms. The number of furan rings is 1. The van der Waals surface area contributed by atoms with Crippen molar-refractivity contribution < 1.29 is 14.3 Å². The van der Waals surface area contributed by atoms with Gasteiger partial charge in [-0.25, -0.2) is 0 Å². The average Bonchev–Trinajstić information content (AvgIpc) is 2.93. The zero-order chi connectivity index (χ0) is 17.3. The Morgan fingerprint density at radius 1 is 1.21 bits per heavy atom. The molecule has 5 heteroatoms. The topological polar surface area (TPSA) is 50.4 Å². The number of hydrogen-bond donors (Lipinski definition) is 1. The quantitative estimate of drug-likeness (QED) is 0.320. The summed E-state index contributed by atoms with van der Waals surface area (Å²) < 4.78 is 7.53. The molecule has 0 saturated heterocycles. The van der Waals surface area contributed by atoms with Gasteiger partial charge in [-0.1, -0.05) is 31.5 Å². The number of unbranched alkanes of at least 4 members (excludes halogenated alkanes) is 1. The molecule has 0 aliphatic carbocycles. The molecule has 3 rings (SSSR count). The van der Waals surface area contributed by atoms with E-state index in [1.54, 1.807) is 6.07 Å². The van der Waals surface area contributed by atoms with Crippen molar-refractivity contribution in [3.8, 4) is 5.75 Å². The number of halogens is 2. The summed E-state index contributed by atoms with van der Waals surface area (Å²) >= 11 is 4.20. The minimum atomic E-state index is -0.181. The van der Waals surface area contributed by atoms with Gasteiger partial charge >= 0.3 is 0 Å². The fourth-order valence-electron chi connectivity index (χ4n) is 2.73. The van der Waals surface area contributed by atoms with E-state index in [2.05, 4.69) is 29.5 Å². The van der Waals surface area contributed by atoms with Crippen LogP contribution in [0.1, 0.15) is 41.4 Å². The highest BCUT2D eigenvalue weighted by molar-refractivity contribution is 14.1. The third kappa shape index (κ3) is 3.33. The highest BCUT2D eigenvalue weighted by Crippen LogP contribution is 2.34. The van der Waals surface area contributed by atoms with E-state index in [1.165, 1.54) is 0 Å². The molecule has 124 valence electrons. The second-order valence-corrected chi connectivity index (χ2v) is 8.02. The predicted molar refractivity (Wildman–Crippen MR) is 112 cm³/mol. The summed E-state index contributed by atoms with van der Waals surface area (Å²) in [6.45, 7) is 2.11. The van der Waals surface area contributed by atoms with Gasteiger partial charge in [0, 0.05) is 15.4 Å². The lowest BCUT2D eigenvalue weighted by Crippen LogP contribution is -2.05. The molecular formula is C19H16I2O3. The number of fused-ring (bicyclic) bond motifs is 1. The highest BCUT2D eigenvalue weighted by atomic mass is 127. The molecule has 0 unspecified atom stereocenters. The zero-order valence-corrected chi connectivity index (χ0v) is 17.4. The largest absolute Gasteiger partial charge is 0.506 e. The number of aryl methyl sites for hydroxylation is 1. The van der Waals surface area contributed by atoms with E-state index in [0.717, 1.165) is 21.8 Å². The van der Waals surface area contributed by atoms with E-state index in [9.17, 15) is 9.90 Å². The fourth-order valence-corrected chi connectivity index (χ4v) is 4.58. The lowest BCUT2D eigenvalue weighted by atomic mass is 9.98. The first-order valence-corrected chi connectivity index (χ1v) is 9.91. The number of hydrogen-bond acceptors (Lipinski definition) is 3. The maximum absolute atomic E-state index is 13.2. The Hall–Kier alpha value is -1.09. The van der Waals surface area contributed by atoms with E-state index in [1.807, 2.05) is 52.9 Å². The third-order valence-corrected chi connectivity index (χ3v) is 5.37. The monoisotopic (exact) mass is 546 g/mol. The molecule has 0 aliphatic heterocycles. The number of carbonyl (C=O) groups is 1. The summed E-state index contributed by atoms with van der Waals surface area (Å²) in [6.07, 6.45) is 2.70. The molecule has 0 aliphatic rings. The van der Waals surface area contributed by atoms with Gasteiger partial charge in [-0.3, -0.25) is 4.79 Å². The molecule has 0 bridgehead atoms. The van der Waals surface area contributed by atoms with Gasteiger partial charge in [-0.15, -0.1) is 0 Å². The van der Waals surface area contributed by atoms with E-state index >= 15 is 0 Å². The number of ketones is 1. The Balaban J connectivity index is 2.19. The number of rotatable bonds is 5. The summed E-state index contributed by atoms with van der Waals surface area (Å²) in [5, 5.41) is 11.2. The first-order chi connectivity index (χ1) is 11.5. The highest BCUT2D eigenvalue weighted by Gasteiger charge is 2.24. The standard InChI is InChI=1S/C19H16I2O3/c1-2-3-7-16-17(12-6-4-5-8-15(12)24-16)19(23)13-9-11(20)10-14(21)18(13)22/h4-6,8-10,22H,2-3,7H2,1H3. The molecule has 1 N–H and O–H groups in total. The van der Waals surface area contributed by atoms with Crippen molar-refractivity contribution in [2.24, 2.45) is 0 Å². The molecule has 0 fully saturated rings. The first-order valence-electron chi connectivity index (χ1n) is 7.76. The van der Waals surface area contributed by atoms with Gasteiger partial charge in [-0.05, 0) is 69.8 Å². The first kappa shape index (κ1) is 17.7. The molecule has 0 atom stereocenters. The van der Waals surface area contributed by atoms with E-state index < -0.39 is 0 Å². The van der Waals surface area contributed by atoms with Crippen LogP contribution in [0.15, 0.2) is 40.8 Å². The summed E-state index contributed by atoms with van der Waals surface area (Å²) in [6, 6.07) is 11.1. The van der Waals surface area contributed by atoms with Crippen molar-refractivity contribution in [3.63, 3.8) is 0 Å². The SMILES string of the molecule is CCCCc1oc2ccccc2c1C(=O)c1cc(I)cc(I)c1O. The van der Waals surface area contributed by atoms with E-state index in [4.69, 9.17) is 4.42 Å². The molecule has 3 nitrogen and oxygen atoms in total. The van der Waals surface area contributed by atoms with Crippen LogP contribution in [0, 0.1) is 7.14 Å². The Kier molecular flexibility index (Phi) is 5.49. The van der Waals surface area contributed by atoms with Gasteiger partial charge in [0.15, 0.2) is 0 Å². The third-order valence-electron chi connectivity index (χ3n) is 3.93. The molecule has 0 saturated carbocycles. The van der Waals surface area contributed by atoms with Crippen LogP contribution in [0.2, 0.25) is 0 Å². The molecule has 0 radical (unpaired) electrons. The average molecular weight is 546 g/mol. The Morgan fingerprint density at radius 3 is 2.71 bits per heavy atom. The van der Waals surface area contributed by atoms with Gasteiger partial charge in [-0.2, -0.15) is 0 Å². The van der Waals surface area contributed by atoms with Crippen LogP contribution < -0.4 is 0 Å². The van der Waals surface area contributed by atoms with E-state index in [0.29, 0.717) is 32.5 Å². The Bertz CT molecular complexity index is 912. The van der Waals surface area contributed by atoms with Crippen LogP contribution in [0.4, 0.5) is 0 Å². The molecular weight excluding hydrogens is 530 g/mol. The van der Waals surface area contributed by atoms with Crippen molar-refractivity contribution in [2.45, 2.75) is 26.2 Å². The second-order valence-electron chi connectivity index (χ2n) is 5.61. The van der Waals surface area contributed by atoms with Gasteiger partial charge < -0.3 is 9.52 Å².